The van der Waals surface area contributed by atoms with Gasteiger partial charge < -0.3 is 4.74 Å². The molecule has 1 saturated carbocycles. The number of fused-ring (bicyclic) bond motifs is 2. The zero-order chi connectivity index (χ0) is 15.6. The third kappa shape index (κ3) is 3.08. The number of aromatic nitrogens is 1. The van der Waals surface area contributed by atoms with E-state index in [1.54, 1.807) is 12.1 Å². The number of piperidine rings is 1. The van der Waals surface area contributed by atoms with Crippen molar-refractivity contribution in [3.05, 3.63) is 60.2 Å². The fourth-order valence-electron chi connectivity index (χ4n) is 4.07. The molecule has 23 heavy (non-hydrogen) atoms. The topological polar surface area (TPSA) is 25.4 Å². The zero-order valence-corrected chi connectivity index (χ0v) is 13.1. The summed E-state index contributed by atoms with van der Waals surface area (Å²) in [6, 6.07) is 11.6. The third-order valence-electron chi connectivity index (χ3n) is 5.23. The second kappa shape index (κ2) is 6.28. The monoisotopic (exact) mass is 312 g/mol. The molecular formula is C19H21FN2O. The van der Waals surface area contributed by atoms with Crippen molar-refractivity contribution in [2.75, 3.05) is 6.61 Å². The Morgan fingerprint density at radius 1 is 1.09 bits per heavy atom. The van der Waals surface area contributed by atoms with E-state index in [-0.39, 0.29) is 5.82 Å². The molecule has 4 rings (SSSR count). The molecule has 120 valence electrons. The summed E-state index contributed by atoms with van der Waals surface area (Å²) < 4.78 is 18.9. The molecule has 2 bridgehead atoms. The first-order valence-corrected chi connectivity index (χ1v) is 8.32. The van der Waals surface area contributed by atoms with Crippen molar-refractivity contribution < 1.29 is 9.13 Å². The fraction of sp³-hybridized carbons (Fsp3) is 0.421. The van der Waals surface area contributed by atoms with Crippen LogP contribution < -0.4 is 4.74 Å². The molecule has 0 radical (unpaired) electrons. The van der Waals surface area contributed by atoms with Crippen LogP contribution in [0.25, 0.3) is 0 Å². The summed E-state index contributed by atoms with van der Waals surface area (Å²) in [5.74, 6) is 1.25. The number of likely N-dealkylation sites (tertiary alicyclic amines) is 1. The second-order valence-electron chi connectivity index (χ2n) is 6.59. The van der Waals surface area contributed by atoms with Crippen molar-refractivity contribution in [1.29, 1.82) is 0 Å². The van der Waals surface area contributed by atoms with Gasteiger partial charge in [0, 0.05) is 31.0 Å². The van der Waals surface area contributed by atoms with Crippen molar-refractivity contribution in [2.24, 2.45) is 5.92 Å². The molecule has 4 heteroatoms. The number of hydrogen-bond acceptors (Lipinski definition) is 3. The van der Waals surface area contributed by atoms with Crippen LogP contribution in [0.15, 0.2) is 48.8 Å². The maximum atomic E-state index is 13.0. The second-order valence-corrected chi connectivity index (χ2v) is 6.59. The van der Waals surface area contributed by atoms with E-state index in [9.17, 15) is 4.39 Å². The molecule has 3 atom stereocenters. The number of benzene rings is 1. The largest absolute Gasteiger partial charge is 0.492 e. The van der Waals surface area contributed by atoms with E-state index < -0.39 is 0 Å². The van der Waals surface area contributed by atoms with Crippen LogP contribution in [0.1, 0.15) is 24.8 Å². The van der Waals surface area contributed by atoms with Crippen molar-refractivity contribution in [2.45, 2.75) is 37.9 Å². The minimum Gasteiger partial charge on any atom is -0.492 e. The Balaban J connectivity index is 1.44. The predicted octanol–water partition coefficient (Wildman–Crippen LogP) is 3.65. The standard InChI is InChI=1S/C19H21FN2O/c20-16-2-5-18(6-3-16)23-13-19-15-1-4-17(11-15)22(19)12-14-7-9-21-10-8-14/h2-3,5-10,15,17,19H,1,4,11-13H2/t15-,17-,19+/m0/s1. The highest BCUT2D eigenvalue weighted by molar-refractivity contribution is 5.22. The van der Waals surface area contributed by atoms with Crippen molar-refractivity contribution in [3.63, 3.8) is 0 Å². The Morgan fingerprint density at radius 3 is 2.65 bits per heavy atom. The quantitative estimate of drug-likeness (QED) is 0.842. The van der Waals surface area contributed by atoms with Gasteiger partial charge in [-0.1, -0.05) is 0 Å². The van der Waals surface area contributed by atoms with Gasteiger partial charge in [-0.2, -0.15) is 0 Å². The van der Waals surface area contributed by atoms with Gasteiger partial charge in [0.05, 0.1) is 0 Å². The molecule has 1 saturated heterocycles. The van der Waals surface area contributed by atoms with E-state index in [2.05, 4.69) is 22.0 Å². The summed E-state index contributed by atoms with van der Waals surface area (Å²) in [4.78, 5) is 6.69. The molecule has 2 aliphatic rings. The van der Waals surface area contributed by atoms with Gasteiger partial charge in [-0.05, 0) is 67.1 Å². The van der Waals surface area contributed by atoms with E-state index >= 15 is 0 Å². The van der Waals surface area contributed by atoms with Crippen LogP contribution in [0.3, 0.4) is 0 Å². The SMILES string of the molecule is Fc1ccc(OC[C@@H]2[C@H]3CC[C@@H](C3)N2Cc2ccncc2)cc1. The van der Waals surface area contributed by atoms with Crippen LogP contribution in [0.5, 0.6) is 5.75 Å². The van der Waals surface area contributed by atoms with Gasteiger partial charge in [-0.15, -0.1) is 0 Å². The van der Waals surface area contributed by atoms with Crippen molar-refractivity contribution in [3.8, 4) is 5.75 Å². The van der Waals surface area contributed by atoms with E-state index in [1.807, 2.05) is 12.4 Å². The number of rotatable bonds is 5. The summed E-state index contributed by atoms with van der Waals surface area (Å²) >= 11 is 0. The molecule has 2 aromatic rings. The van der Waals surface area contributed by atoms with E-state index in [4.69, 9.17) is 4.74 Å². The van der Waals surface area contributed by atoms with Crippen LogP contribution in [0.2, 0.25) is 0 Å². The smallest absolute Gasteiger partial charge is 0.123 e. The molecular weight excluding hydrogens is 291 g/mol. The Hall–Kier alpha value is -1.94. The number of halogens is 1. The molecule has 1 aromatic heterocycles. The normalized spacial score (nSPS) is 26.6. The highest BCUT2D eigenvalue weighted by Crippen LogP contribution is 2.43. The lowest BCUT2D eigenvalue weighted by molar-refractivity contribution is 0.0867. The van der Waals surface area contributed by atoms with Crippen LogP contribution in [0, 0.1) is 11.7 Å². The lowest BCUT2D eigenvalue weighted by atomic mass is 9.99. The third-order valence-corrected chi connectivity index (χ3v) is 5.23. The van der Waals surface area contributed by atoms with Crippen LogP contribution >= 0.6 is 0 Å². The van der Waals surface area contributed by atoms with Crippen molar-refractivity contribution in [1.82, 2.24) is 9.88 Å². The first-order chi connectivity index (χ1) is 11.3. The molecule has 0 unspecified atom stereocenters. The maximum Gasteiger partial charge on any atom is 0.123 e. The Kier molecular flexibility index (Phi) is 4.00. The molecule has 0 N–H and O–H groups in total. The summed E-state index contributed by atoms with van der Waals surface area (Å²) in [6.45, 7) is 1.64. The highest BCUT2D eigenvalue weighted by atomic mass is 19.1. The molecule has 3 nitrogen and oxygen atoms in total. The molecule has 0 amide bonds. The van der Waals surface area contributed by atoms with Gasteiger partial charge in [0.1, 0.15) is 18.2 Å². The maximum absolute atomic E-state index is 13.0. The number of nitrogens with zero attached hydrogens (tertiary/aromatic N) is 2. The summed E-state index contributed by atoms with van der Waals surface area (Å²) in [5, 5.41) is 0. The number of ether oxygens (including phenoxy) is 1. The molecule has 1 aliphatic heterocycles. The van der Waals surface area contributed by atoms with Crippen molar-refractivity contribution >= 4 is 0 Å². The molecule has 2 heterocycles. The molecule has 2 fully saturated rings. The molecule has 1 aromatic carbocycles. The zero-order valence-electron chi connectivity index (χ0n) is 13.1. The van der Waals surface area contributed by atoms with Crippen LogP contribution in [-0.4, -0.2) is 28.6 Å². The molecule has 0 spiro atoms. The predicted molar refractivity (Wildman–Crippen MR) is 86.6 cm³/mol. The summed E-state index contributed by atoms with van der Waals surface area (Å²) in [5.41, 5.74) is 1.30. The number of hydrogen-bond donors (Lipinski definition) is 0. The van der Waals surface area contributed by atoms with Gasteiger partial charge >= 0.3 is 0 Å². The van der Waals surface area contributed by atoms with E-state index in [0.717, 1.165) is 18.2 Å². The highest BCUT2D eigenvalue weighted by Gasteiger charge is 2.45. The van der Waals surface area contributed by atoms with Crippen LogP contribution in [-0.2, 0) is 6.54 Å². The Labute approximate surface area is 136 Å². The first kappa shape index (κ1) is 14.6. The van der Waals surface area contributed by atoms with Gasteiger partial charge in [0.15, 0.2) is 0 Å². The minimum atomic E-state index is -0.225. The minimum absolute atomic E-state index is 0.225. The van der Waals surface area contributed by atoms with Gasteiger partial charge in [-0.3, -0.25) is 9.88 Å². The summed E-state index contributed by atoms with van der Waals surface area (Å²) in [7, 11) is 0. The Bertz CT molecular complexity index is 646. The van der Waals surface area contributed by atoms with Crippen LogP contribution in [0.4, 0.5) is 4.39 Å². The first-order valence-electron chi connectivity index (χ1n) is 8.32. The van der Waals surface area contributed by atoms with Gasteiger partial charge in [0.25, 0.3) is 0 Å². The number of pyridine rings is 1. The van der Waals surface area contributed by atoms with E-state index in [1.165, 1.54) is 37.0 Å². The lowest BCUT2D eigenvalue weighted by Gasteiger charge is -2.35. The molecule has 1 aliphatic carbocycles. The fourth-order valence-corrected chi connectivity index (χ4v) is 4.07. The van der Waals surface area contributed by atoms with E-state index in [0.29, 0.717) is 18.7 Å². The van der Waals surface area contributed by atoms with Gasteiger partial charge in [0.2, 0.25) is 0 Å². The average molecular weight is 312 g/mol. The average Bonchev–Trinajstić information content (AvgIpc) is 3.17. The Morgan fingerprint density at radius 2 is 1.87 bits per heavy atom. The lowest BCUT2D eigenvalue weighted by Crippen LogP contribution is -2.43. The summed E-state index contributed by atoms with van der Waals surface area (Å²) in [6.07, 6.45) is 7.58. The van der Waals surface area contributed by atoms with Gasteiger partial charge in [-0.25, -0.2) is 4.39 Å².